The number of fused-ring (bicyclic) bond motifs is 1. The van der Waals surface area contributed by atoms with Crippen molar-refractivity contribution in [2.24, 2.45) is 0 Å². The van der Waals surface area contributed by atoms with Crippen LogP contribution >= 0.6 is 23.1 Å². The van der Waals surface area contributed by atoms with Crippen molar-refractivity contribution in [1.29, 1.82) is 0 Å². The van der Waals surface area contributed by atoms with Crippen LogP contribution in [0.2, 0.25) is 0 Å². The summed E-state index contributed by atoms with van der Waals surface area (Å²) in [6, 6.07) is 6.07. The zero-order chi connectivity index (χ0) is 19.8. The van der Waals surface area contributed by atoms with Crippen LogP contribution in [0.1, 0.15) is 23.3 Å². The lowest BCUT2D eigenvalue weighted by atomic mass is 10.2. The van der Waals surface area contributed by atoms with Gasteiger partial charge >= 0.3 is 0 Å². The number of halogens is 1. The molecule has 4 aromatic rings. The fraction of sp³-hybridized carbons (Fsp3) is 0.250. The van der Waals surface area contributed by atoms with E-state index in [4.69, 9.17) is 9.40 Å². The van der Waals surface area contributed by atoms with Crippen molar-refractivity contribution in [3.63, 3.8) is 0 Å². The normalized spacial score (nSPS) is 11.4. The number of nitrogens with zero attached hydrogens (tertiary/aromatic N) is 3. The summed E-state index contributed by atoms with van der Waals surface area (Å²) >= 11 is 2.97. The Balaban J connectivity index is 1.61. The van der Waals surface area contributed by atoms with Gasteiger partial charge in [-0.3, -0.25) is 9.36 Å². The molecule has 0 spiro atoms. The van der Waals surface area contributed by atoms with E-state index in [1.54, 1.807) is 34.2 Å². The van der Waals surface area contributed by atoms with Crippen LogP contribution in [0.5, 0.6) is 0 Å². The molecule has 4 rings (SSSR count). The number of benzene rings is 1. The molecule has 0 radical (unpaired) electrons. The number of aromatic nitrogens is 3. The predicted molar refractivity (Wildman–Crippen MR) is 110 cm³/mol. The summed E-state index contributed by atoms with van der Waals surface area (Å²) in [4.78, 5) is 23.8. The highest BCUT2D eigenvalue weighted by Gasteiger charge is 2.17. The van der Waals surface area contributed by atoms with Crippen LogP contribution in [0.3, 0.4) is 0 Å². The zero-order valence-corrected chi connectivity index (χ0v) is 17.3. The SMILES string of the molecule is CCn1c(SCc2ncc(-c3ccc(F)cc3)o2)nc2sc(C)c(C)c2c1=O. The van der Waals surface area contributed by atoms with E-state index in [0.29, 0.717) is 34.5 Å². The fourth-order valence-corrected chi connectivity index (χ4v) is 4.94. The monoisotopic (exact) mass is 415 g/mol. The second kappa shape index (κ2) is 7.52. The van der Waals surface area contributed by atoms with Gasteiger partial charge in [0, 0.05) is 17.0 Å². The van der Waals surface area contributed by atoms with Crippen molar-refractivity contribution in [3.8, 4) is 11.3 Å². The minimum absolute atomic E-state index is 0.00347. The van der Waals surface area contributed by atoms with Gasteiger partial charge in [0.05, 0.1) is 17.3 Å². The molecule has 3 heterocycles. The summed E-state index contributed by atoms with van der Waals surface area (Å²) in [5, 5.41) is 1.37. The molecule has 0 aliphatic heterocycles. The van der Waals surface area contributed by atoms with Gasteiger partial charge in [0.1, 0.15) is 10.6 Å². The Morgan fingerprint density at radius 3 is 2.71 bits per heavy atom. The number of hydrogen-bond acceptors (Lipinski definition) is 6. The largest absolute Gasteiger partial charge is 0.440 e. The van der Waals surface area contributed by atoms with Crippen LogP contribution in [-0.2, 0) is 12.3 Å². The molecule has 144 valence electrons. The zero-order valence-electron chi connectivity index (χ0n) is 15.7. The first-order valence-corrected chi connectivity index (χ1v) is 10.6. The summed E-state index contributed by atoms with van der Waals surface area (Å²) in [5.41, 5.74) is 1.77. The second-order valence-electron chi connectivity index (χ2n) is 6.32. The third-order valence-corrected chi connectivity index (χ3v) is 6.64. The highest BCUT2D eigenvalue weighted by atomic mass is 32.2. The minimum Gasteiger partial charge on any atom is -0.440 e. The van der Waals surface area contributed by atoms with Gasteiger partial charge < -0.3 is 4.42 Å². The maximum Gasteiger partial charge on any atom is 0.263 e. The highest BCUT2D eigenvalue weighted by Crippen LogP contribution is 2.30. The Morgan fingerprint density at radius 1 is 1.25 bits per heavy atom. The number of thioether (sulfide) groups is 1. The van der Waals surface area contributed by atoms with Crippen LogP contribution in [0.25, 0.3) is 21.5 Å². The Bertz CT molecular complexity index is 1210. The Morgan fingerprint density at radius 2 is 2.00 bits per heavy atom. The first kappa shape index (κ1) is 18.9. The molecule has 28 heavy (non-hydrogen) atoms. The van der Waals surface area contributed by atoms with E-state index < -0.39 is 0 Å². The van der Waals surface area contributed by atoms with Crippen LogP contribution in [-0.4, -0.2) is 14.5 Å². The topological polar surface area (TPSA) is 60.9 Å². The van der Waals surface area contributed by atoms with Crippen molar-refractivity contribution >= 4 is 33.3 Å². The lowest BCUT2D eigenvalue weighted by molar-refractivity contribution is 0.529. The molecule has 5 nitrogen and oxygen atoms in total. The van der Waals surface area contributed by atoms with E-state index >= 15 is 0 Å². The molecule has 0 unspecified atom stereocenters. The quantitative estimate of drug-likeness (QED) is 0.332. The molecule has 0 fully saturated rings. The molecule has 0 saturated heterocycles. The molecule has 0 aliphatic carbocycles. The number of aryl methyl sites for hydroxylation is 2. The van der Waals surface area contributed by atoms with Crippen LogP contribution in [0.4, 0.5) is 4.39 Å². The molecular formula is C20H18FN3O2S2. The summed E-state index contributed by atoms with van der Waals surface area (Å²) < 4.78 is 20.5. The van der Waals surface area contributed by atoms with Gasteiger partial charge in [-0.25, -0.2) is 14.4 Å². The second-order valence-corrected chi connectivity index (χ2v) is 8.47. The van der Waals surface area contributed by atoms with E-state index in [1.807, 2.05) is 20.8 Å². The summed E-state index contributed by atoms with van der Waals surface area (Å²) in [6.07, 6.45) is 1.62. The van der Waals surface area contributed by atoms with E-state index in [1.165, 1.54) is 23.9 Å². The maximum absolute atomic E-state index is 13.1. The van der Waals surface area contributed by atoms with Crippen LogP contribution < -0.4 is 5.56 Å². The van der Waals surface area contributed by atoms with Gasteiger partial charge in [-0.1, -0.05) is 11.8 Å². The third-order valence-electron chi connectivity index (χ3n) is 4.58. The fourth-order valence-electron chi connectivity index (χ4n) is 2.95. The summed E-state index contributed by atoms with van der Waals surface area (Å²) in [7, 11) is 0. The van der Waals surface area contributed by atoms with E-state index in [9.17, 15) is 9.18 Å². The Labute approximate surface area is 169 Å². The molecule has 8 heteroatoms. The molecule has 3 aromatic heterocycles. The summed E-state index contributed by atoms with van der Waals surface area (Å²) in [6.45, 7) is 6.46. The van der Waals surface area contributed by atoms with Crippen LogP contribution in [0, 0.1) is 19.7 Å². The van der Waals surface area contributed by atoms with Crippen molar-refractivity contribution in [1.82, 2.24) is 14.5 Å². The molecular weight excluding hydrogens is 397 g/mol. The number of thiophene rings is 1. The van der Waals surface area contributed by atoms with Crippen LogP contribution in [0.15, 0.2) is 44.8 Å². The summed E-state index contributed by atoms with van der Waals surface area (Å²) in [5.74, 6) is 1.26. The van der Waals surface area contributed by atoms with Gasteiger partial charge in [-0.15, -0.1) is 11.3 Å². The Kier molecular flexibility index (Phi) is 5.07. The van der Waals surface area contributed by atoms with E-state index in [2.05, 4.69) is 4.98 Å². The smallest absolute Gasteiger partial charge is 0.263 e. The standard InChI is InChI=1S/C20H18FN3O2S2/c1-4-24-19(25)17-11(2)12(3)28-18(17)23-20(24)27-10-16-22-9-15(26-16)13-5-7-14(21)8-6-13/h5-9H,4,10H2,1-3H3. The molecule has 0 bridgehead atoms. The number of hydrogen-bond donors (Lipinski definition) is 0. The Hall–Kier alpha value is -2.45. The lowest BCUT2D eigenvalue weighted by Crippen LogP contribution is -2.22. The average molecular weight is 416 g/mol. The van der Waals surface area contributed by atoms with Crippen molar-refractivity contribution in [2.75, 3.05) is 0 Å². The van der Waals surface area contributed by atoms with E-state index in [0.717, 1.165) is 20.8 Å². The van der Waals surface area contributed by atoms with Gasteiger partial charge in [-0.05, 0) is 50.6 Å². The first-order valence-electron chi connectivity index (χ1n) is 8.82. The van der Waals surface area contributed by atoms with Crippen molar-refractivity contribution in [3.05, 3.63) is 63.0 Å². The average Bonchev–Trinajstić information content (AvgIpc) is 3.26. The highest BCUT2D eigenvalue weighted by molar-refractivity contribution is 7.98. The van der Waals surface area contributed by atoms with Crippen molar-refractivity contribution in [2.45, 2.75) is 38.2 Å². The lowest BCUT2D eigenvalue weighted by Gasteiger charge is -2.09. The number of rotatable bonds is 5. The van der Waals surface area contributed by atoms with Gasteiger partial charge in [0.15, 0.2) is 10.9 Å². The molecule has 0 saturated carbocycles. The molecule has 0 atom stereocenters. The van der Waals surface area contributed by atoms with Gasteiger partial charge in [-0.2, -0.15) is 0 Å². The molecule has 0 aliphatic rings. The maximum atomic E-state index is 13.1. The third kappa shape index (κ3) is 3.38. The predicted octanol–water partition coefficient (Wildman–Crippen LogP) is 5.18. The number of oxazole rings is 1. The van der Waals surface area contributed by atoms with Crippen molar-refractivity contribution < 1.29 is 8.81 Å². The van der Waals surface area contributed by atoms with Gasteiger partial charge in [0.2, 0.25) is 5.89 Å². The molecule has 1 aromatic carbocycles. The molecule has 0 amide bonds. The molecule has 0 N–H and O–H groups in total. The minimum atomic E-state index is -0.294. The van der Waals surface area contributed by atoms with Gasteiger partial charge in [0.25, 0.3) is 5.56 Å². The van der Waals surface area contributed by atoms with E-state index in [-0.39, 0.29) is 11.4 Å². The first-order chi connectivity index (χ1) is 13.5.